The van der Waals surface area contributed by atoms with Crippen molar-refractivity contribution in [3.63, 3.8) is 0 Å². The number of ether oxygens (including phenoxy) is 2. The lowest BCUT2D eigenvalue weighted by molar-refractivity contribution is -0.159. The maximum Gasteiger partial charge on any atom is 0.325 e. The summed E-state index contributed by atoms with van der Waals surface area (Å²) in [6.45, 7) is 3.50. The molecule has 7 nitrogen and oxygen atoms in total. The number of imide groups is 1. The van der Waals surface area contributed by atoms with E-state index in [2.05, 4.69) is 5.32 Å². The summed E-state index contributed by atoms with van der Waals surface area (Å²) in [6.07, 6.45) is -1.12. The molecule has 3 rings (SSSR count). The highest BCUT2D eigenvalue weighted by atomic mass is 16.7. The van der Waals surface area contributed by atoms with Gasteiger partial charge in [0, 0.05) is 6.42 Å². The van der Waals surface area contributed by atoms with Gasteiger partial charge >= 0.3 is 6.03 Å². The maximum absolute atomic E-state index is 12.2. The first-order chi connectivity index (χ1) is 8.40. The SMILES string of the molecule is CC1(C)NC(=O)N([C@@H]2CC(=O)[C@H]3OC[C@@H]2O3)C1=O. The summed E-state index contributed by atoms with van der Waals surface area (Å²) in [5, 5.41) is 2.59. The second kappa shape index (κ2) is 3.52. The van der Waals surface area contributed by atoms with Gasteiger partial charge in [-0.05, 0) is 13.8 Å². The van der Waals surface area contributed by atoms with Gasteiger partial charge in [0.05, 0.1) is 12.6 Å². The van der Waals surface area contributed by atoms with Crippen molar-refractivity contribution in [1.82, 2.24) is 10.2 Å². The van der Waals surface area contributed by atoms with Crippen molar-refractivity contribution >= 4 is 17.7 Å². The minimum atomic E-state index is -0.934. The predicted molar refractivity (Wildman–Crippen MR) is 57.5 cm³/mol. The van der Waals surface area contributed by atoms with Crippen LogP contribution in [0.15, 0.2) is 0 Å². The van der Waals surface area contributed by atoms with Crippen LogP contribution in [0, 0.1) is 0 Å². The molecule has 0 aromatic rings. The normalized spacial score (nSPS) is 38.2. The zero-order valence-electron chi connectivity index (χ0n) is 10.1. The molecule has 3 heterocycles. The molecule has 98 valence electrons. The Morgan fingerprint density at radius 2 is 2.06 bits per heavy atom. The quantitative estimate of drug-likeness (QED) is 0.631. The molecule has 18 heavy (non-hydrogen) atoms. The fourth-order valence-electron chi connectivity index (χ4n) is 2.56. The summed E-state index contributed by atoms with van der Waals surface area (Å²) in [6, 6.07) is -1.04. The van der Waals surface area contributed by atoms with Gasteiger partial charge in [-0.1, -0.05) is 0 Å². The Labute approximate surface area is 103 Å². The molecule has 3 aliphatic rings. The summed E-state index contributed by atoms with van der Waals surface area (Å²) in [7, 11) is 0. The average Bonchev–Trinajstić information content (AvgIpc) is 2.77. The minimum Gasteiger partial charge on any atom is -0.343 e. The Kier molecular flexibility index (Phi) is 2.27. The lowest BCUT2D eigenvalue weighted by Crippen LogP contribution is -2.53. The lowest BCUT2D eigenvalue weighted by Gasteiger charge is -2.32. The van der Waals surface area contributed by atoms with Crippen LogP contribution in [0.4, 0.5) is 4.79 Å². The van der Waals surface area contributed by atoms with E-state index in [1.807, 2.05) is 0 Å². The smallest absolute Gasteiger partial charge is 0.325 e. The number of urea groups is 1. The topological polar surface area (TPSA) is 84.9 Å². The number of hydrogen-bond donors (Lipinski definition) is 1. The number of amides is 3. The van der Waals surface area contributed by atoms with Crippen molar-refractivity contribution in [2.75, 3.05) is 6.61 Å². The van der Waals surface area contributed by atoms with E-state index >= 15 is 0 Å². The van der Waals surface area contributed by atoms with E-state index in [4.69, 9.17) is 9.47 Å². The number of carbonyl (C=O) groups is 3. The molecule has 2 bridgehead atoms. The molecule has 3 fully saturated rings. The Morgan fingerprint density at radius 3 is 2.67 bits per heavy atom. The summed E-state index contributed by atoms with van der Waals surface area (Å²) < 4.78 is 10.5. The summed E-state index contributed by atoms with van der Waals surface area (Å²) in [4.78, 5) is 36.8. The molecular formula is C11H14N2O5. The van der Waals surface area contributed by atoms with Gasteiger partial charge in [-0.2, -0.15) is 0 Å². The van der Waals surface area contributed by atoms with E-state index in [0.29, 0.717) is 0 Å². The Morgan fingerprint density at radius 1 is 1.33 bits per heavy atom. The van der Waals surface area contributed by atoms with E-state index in [1.54, 1.807) is 13.8 Å². The van der Waals surface area contributed by atoms with Crippen LogP contribution in [0.1, 0.15) is 20.3 Å². The number of nitrogens with one attached hydrogen (secondary N) is 1. The van der Waals surface area contributed by atoms with Gasteiger partial charge in [-0.25, -0.2) is 4.79 Å². The highest BCUT2D eigenvalue weighted by Gasteiger charge is 2.54. The van der Waals surface area contributed by atoms with Crippen LogP contribution < -0.4 is 5.32 Å². The first kappa shape index (κ1) is 11.6. The fraction of sp³-hybridized carbons (Fsp3) is 0.727. The fourth-order valence-corrected chi connectivity index (χ4v) is 2.56. The summed E-state index contributed by atoms with van der Waals surface area (Å²) >= 11 is 0. The third-order valence-electron chi connectivity index (χ3n) is 3.54. The highest BCUT2D eigenvalue weighted by Crippen LogP contribution is 2.31. The Hall–Kier alpha value is -1.47. The number of nitrogens with zero attached hydrogens (tertiary/aromatic N) is 1. The number of fused-ring (bicyclic) bond motifs is 2. The molecule has 3 atom stereocenters. The first-order valence-electron chi connectivity index (χ1n) is 5.86. The zero-order chi connectivity index (χ0) is 13.1. The van der Waals surface area contributed by atoms with Gasteiger partial charge in [0.15, 0.2) is 5.78 Å². The zero-order valence-corrected chi connectivity index (χ0v) is 10.1. The van der Waals surface area contributed by atoms with E-state index in [-0.39, 0.29) is 24.7 Å². The second-order valence-corrected chi connectivity index (χ2v) is 5.31. The molecule has 0 aromatic carbocycles. The molecule has 0 aliphatic carbocycles. The Balaban J connectivity index is 1.89. The molecule has 1 N–H and O–H groups in total. The molecule has 0 saturated carbocycles. The van der Waals surface area contributed by atoms with Crippen LogP contribution in [0.3, 0.4) is 0 Å². The number of Topliss-reactive ketones (excluding diaryl/α,β-unsaturated/α-hetero) is 1. The maximum atomic E-state index is 12.2. The monoisotopic (exact) mass is 254 g/mol. The van der Waals surface area contributed by atoms with Crippen molar-refractivity contribution in [3.8, 4) is 0 Å². The summed E-state index contributed by atoms with van der Waals surface area (Å²) in [5.41, 5.74) is -0.934. The molecule has 7 heteroatoms. The van der Waals surface area contributed by atoms with Gasteiger partial charge in [0.1, 0.15) is 11.6 Å². The van der Waals surface area contributed by atoms with Gasteiger partial charge < -0.3 is 14.8 Å². The van der Waals surface area contributed by atoms with Crippen molar-refractivity contribution in [2.45, 2.75) is 44.2 Å². The van der Waals surface area contributed by atoms with Crippen LogP contribution in [0.25, 0.3) is 0 Å². The van der Waals surface area contributed by atoms with Gasteiger partial charge in [0.25, 0.3) is 5.91 Å². The van der Waals surface area contributed by atoms with Crippen LogP contribution >= 0.6 is 0 Å². The van der Waals surface area contributed by atoms with E-state index in [9.17, 15) is 14.4 Å². The van der Waals surface area contributed by atoms with Crippen LogP contribution in [-0.4, -0.2) is 53.2 Å². The predicted octanol–water partition coefficient (Wildman–Crippen LogP) is -0.600. The lowest BCUT2D eigenvalue weighted by atomic mass is 9.99. The van der Waals surface area contributed by atoms with Crippen LogP contribution in [0.5, 0.6) is 0 Å². The third kappa shape index (κ3) is 1.47. The molecule has 3 aliphatic heterocycles. The second-order valence-electron chi connectivity index (χ2n) is 5.31. The molecular weight excluding hydrogens is 240 g/mol. The van der Waals surface area contributed by atoms with E-state index < -0.39 is 30.0 Å². The molecule has 3 amide bonds. The number of ketones is 1. The van der Waals surface area contributed by atoms with Gasteiger partial charge in [-0.3, -0.25) is 14.5 Å². The molecule has 3 saturated heterocycles. The summed E-state index contributed by atoms with van der Waals surface area (Å²) in [5.74, 6) is -0.557. The van der Waals surface area contributed by atoms with Crippen molar-refractivity contribution in [3.05, 3.63) is 0 Å². The first-order valence-corrected chi connectivity index (χ1v) is 5.86. The molecule has 0 unspecified atom stereocenters. The highest BCUT2D eigenvalue weighted by molar-refractivity contribution is 6.07. The molecule has 0 spiro atoms. The Bertz CT molecular complexity index is 447. The van der Waals surface area contributed by atoms with Crippen molar-refractivity contribution in [2.24, 2.45) is 0 Å². The number of hydrogen-bond acceptors (Lipinski definition) is 5. The van der Waals surface area contributed by atoms with Crippen LogP contribution in [0.2, 0.25) is 0 Å². The standard InChI is InChI=1S/C11H14N2O5/c1-11(2)9(15)13(10(16)12-11)5-3-6(14)8-17-4-7(5)18-8/h5,7-8H,3-4H2,1-2H3,(H,12,16)/t5-,7+,8+/m1/s1. The van der Waals surface area contributed by atoms with Gasteiger partial charge in [0.2, 0.25) is 6.29 Å². The average molecular weight is 254 g/mol. The molecule has 0 aromatic heterocycles. The third-order valence-corrected chi connectivity index (χ3v) is 3.54. The van der Waals surface area contributed by atoms with Crippen molar-refractivity contribution < 1.29 is 23.9 Å². The number of carbonyl (C=O) groups excluding carboxylic acids is 3. The van der Waals surface area contributed by atoms with E-state index in [0.717, 1.165) is 4.90 Å². The van der Waals surface area contributed by atoms with Crippen molar-refractivity contribution in [1.29, 1.82) is 0 Å². The van der Waals surface area contributed by atoms with E-state index in [1.165, 1.54) is 0 Å². The van der Waals surface area contributed by atoms with Crippen LogP contribution in [-0.2, 0) is 19.1 Å². The van der Waals surface area contributed by atoms with Gasteiger partial charge in [-0.15, -0.1) is 0 Å². The number of rotatable bonds is 1. The minimum absolute atomic E-state index is 0.102. The largest absolute Gasteiger partial charge is 0.343 e. The molecule has 0 radical (unpaired) electrons.